The molecule has 1 amide bonds. The molecule has 1 fully saturated rings. The van der Waals surface area contributed by atoms with Crippen LogP contribution in [0.15, 0.2) is 42.7 Å². The summed E-state index contributed by atoms with van der Waals surface area (Å²) >= 11 is 0. The van der Waals surface area contributed by atoms with Gasteiger partial charge in [0.15, 0.2) is 0 Å². The zero-order valence-electron chi connectivity index (χ0n) is 15.0. The molecule has 1 aromatic heterocycles. The lowest BCUT2D eigenvalue weighted by atomic mass is 10.1. The molecule has 0 bridgehead atoms. The highest BCUT2D eigenvalue weighted by Gasteiger charge is 2.24. The molecule has 0 atom stereocenters. The lowest BCUT2D eigenvalue weighted by Gasteiger charge is -2.34. The Morgan fingerprint density at radius 2 is 1.55 bits per heavy atom. The van der Waals surface area contributed by atoms with E-state index in [1.807, 2.05) is 4.90 Å². The van der Waals surface area contributed by atoms with Crippen LogP contribution < -0.4 is 4.90 Å². The average molecular weight is 403 g/mol. The molecule has 2 heterocycles. The number of carbonyl (C=O) groups excluding carboxylic acids is 1. The molecule has 0 spiro atoms. The fourth-order valence-corrected chi connectivity index (χ4v) is 2.50. The molecule has 12 heteroatoms. The van der Waals surface area contributed by atoms with Crippen LogP contribution in [-0.4, -0.2) is 74.0 Å². The van der Waals surface area contributed by atoms with Crippen LogP contribution in [0.4, 0.5) is 11.6 Å². The summed E-state index contributed by atoms with van der Waals surface area (Å²) in [6, 6.07) is 7.57. The van der Waals surface area contributed by atoms with Crippen molar-refractivity contribution in [3.63, 3.8) is 0 Å². The van der Waals surface area contributed by atoms with Crippen LogP contribution in [0.2, 0.25) is 0 Å². The Bertz CT molecular complexity index is 886. The fraction of sp³-hybridized carbons (Fsp3) is 0.235. The second-order valence-corrected chi connectivity index (χ2v) is 5.75. The Morgan fingerprint density at radius 3 is 2.07 bits per heavy atom. The molecule has 0 unspecified atom stereocenters. The van der Waals surface area contributed by atoms with Gasteiger partial charge in [-0.05, 0) is 12.1 Å². The molecule has 2 aromatic rings. The van der Waals surface area contributed by atoms with Gasteiger partial charge in [0, 0.05) is 56.3 Å². The normalized spacial score (nSPS) is 13.1. The topological polar surface area (TPSA) is 167 Å². The Morgan fingerprint density at radius 1 is 0.966 bits per heavy atom. The third kappa shape index (κ3) is 5.95. The van der Waals surface area contributed by atoms with Gasteiger partial charge in [0.25, 0.3) is 11.6 Å². The first-order valence-corrected chi connectivity index (χ1v) is 8.31. The van der Waals surface area contributed by atoms with E-state index in [0.717, 1.165) is 0 Å². The third-order valence-electron chi connectivity index (χ3n) is 3.89. The van der Waals surface area contributed by atoms with E-state index < -0.39 is 16.9 Å². The Kier molecular flexibility index (Phi) is 7.12. The maximum atomic E-state index is 12.5. The van der Waals surface area contributed by atoms with E-state index in [2.05, 4.69) is 9.97 Å². The van der Waals surface area contributed by atoms with Gasteiger partial charge in [0.1, 0.15) is 0 Å². The summed E-state index contributed by atoms with van der Waals surface area (Å²) in [7, 11) is 0. The van der Waals surface area contributed by atoms with Crippen molar-refractivity contribution >= 4 is 29.5 Å². The number of carboxylic acid groups (broad SMARTS) is 2. The van der Waals surface area contributed by atoms with Crippen LogP contribution in [0.3, 0.4) is 0 Å². The second-order valence-electron chi connectivity index (χ2n) is 5.75. The van der Waals surface area contributed by atoms with Gasteiger partial charge < -0.3 is 20.0 Å². The van der Waals surface area contributed by atoms with Gasteiger partial charge in [-0.1, -0.05) is 6.07 Å². The predicted octanol–water partition coefficient (Wildman–Crippen LogP) is 0.503. The number of nitro benzene ring substituents is 1. The molecule has 0 radical (unpaired) electrons. The first-order valence-electron chi connectivity index (χ1n) is 8.31. The third-order valence-corrected chi connectivity index (χ3v) is 3.89. The minimum absolute atomic E-state index is 0.0767. The number of piperazine rings is 1. The Balaban J connectivity index is 0.000000438. The molecular formula is C17H17N5O7. The van der Waals surface area contributed by atoms with Gasteiger partial charge in [0.2, 0.25) is 5.95 Å². The van der Waals surface area contributed by atoms with E-state index >= 15 is 0 Å². The first-order chi connectivity index (χ1) is 13.8. The van der Waals surface area contributed by atoms with Crippen molar-refractivity contribution in [2.24, 2.45) is 0 Å². The van der Waals surface area contributed by atoms with E-state index in [4.69, 9.17) is 19.8 Å². The lowest BCUT2D eigenvalue weighted by molar-refractivity contribution is -0.384. The van der Waals surface area contributed by atoms with Gasteiger partial charge in [-0.3, -0.25) is 14.9 Å². The Hall–Kier alpha value is -4.09. The zero-order valence-corrected chi connectivity index (χ0v) is 15.0. The molecule has 1 aromatic carbocycles. The molecule has 152 valence electrons. The number of aliphatic carboxylic acids is 2. The lowest BCUT2D eigenvalue weighted by Crippen LogP contribution is -2.49. The number of nitro groups is 1. The van der Waals surface area contributed by atoms with E-state index in [-0.39, 0.29) is 11.6 Å². The van der Waals surface area contributed by atoms with Crippen molar-refractivity contribution in [3.05, 3.63) is 58.4 Å². The van der Waals surface area contributed by atoms with Crippen LogP contribution >= 0.6 is 0 Å². The summed E-state index contributed by atoms with van der Waals surface area (Å²) in [5.74, 6) is -3.19. The van der Waals surface area contributed by atoms with Crippen molar-refractivity contribution in [2.75, 3.05) is 31.1 Å². The van der Waals surface area contributed by atoms with E-state index in [9.17, 15) is 14.9 Å². The molecule has 1 aliphatic rings. The number of nitrogens with zero attached hydrogens (tertiary/aromatic N) is 5. The number of non-ortho nitro benzene ring substituents is 1. The largest absolute Gasteiger partial charge is 0.473 e. The van der Waals surface area contributed by atoms with Crippen molar-refractivity contribution in [3.8, 4) is 0 Å². The van der Waals surface area contributed by atoms with Crippen molar-refractivity contribution in [1.82, 2.24) is 14.9 Å². The van der Waals surface area contributed by atoms with Crippen molar-refractivity contribution in [2.45, 2.75) is 0 Å². The number of hydrogen-bond acceptors (Lipinski definition) is 8. The van der Waals surface area contributed by atoms with Gasteiger partial charge in [-0.15, -0.1) is 0 Å². The predicted molar refractivity (Wildman–Crippen MR) is 98.5 cm³/mol. The number of amides is 1. The van der Waals surface area contributed by atoms with Crippen LogP contribution in [0.1, 0.15) is 10.4 Å². The number of rotatable bonds is 3. The summed E-state index contributed by atoms with van der Waals surface area (Å²) in [5.41, 5.74) is 0.260. The highest BCUT2D eigenvalue weighted by atomic mass is 16.6. The molecule has 2 N–H and O–H groups in total. The summed E-state index contributed by atoms with van der Waals surface area (Å²) in [6.45, 7) is 2.31. The number of benzene rings is 1. The highest BCUT2D eigenvalue weighted by molar-refractivity contribution is 6.27. The molecule has 29 heavy (non-hydrogen) atoms. The van der Waals surface area contributed by atoms with Crippen molar-refractivity contribution in [1.29, 1.82) is 0 Å². The smallest absolute Gasteiger partial charge is 0.414 e. The molecule has 0 aliphatic carbocycles. The maximum absolute atomic E-state index is 12.5. The summed E-state index contributed by atoms with van der Waals surface area (Å²) < 4.78 is 0. The molecule has 3 rings (SSSR count). The van der Waals surface area contributed by atoms with E-state index in [0.29, 0.717) is 37.7 Å². The summed E-state index contributed by atoms with van der Waals surface area (Å²) in [6.07, 6.45) is 3.37. The van der Waals surface area contributed by atoms with Crippen LogP contribution in [0, 0.1) is 10.1 Å². The van der Waals surface area contributed by atoms with E-state index in [1.54, 1.807) is 29.4 Å². The van der Waals surface area contributed by atoms with Gasteiger partial charge >= 0.3 is 11.9 Å². The van der Waals surface area contributed by atoms with Crippen LogP contribution in [0.25, 0.3) is 0 Å². The number of carboxylic acids is 2. The molecule has 12 nitrogen and oxygen atoms in total. The standard InChI is InChI=1S/C15H15N5O3.C2H2O4/c21-14(12-3-1-4-13(11-12)20(22)23)18-7-9-19(10-8-18)15-16-5-2-6-17-15;3-1(4)2(5)6/h1-6,11H,7-10H2;(H,3,4)(H,5,6). The summed E-state index contributed by atoms with van der Waals surface area (Å²) in [4.78, 5) is 53.1. The number of aromatic nitrogens is 2. The SMILES string of the molecule is O=C(O)C(=O)O.O=C(c1cccc([N+](=O)[O-])c1)N1CCN(c2ncccn2)CC1. The molecular weight excluding hydrogens is 386 g/mol. The van der Waals surface area contributed by atoms with Gasteiger partial charge in [0.05, 0.1) is 4.92 Å². The first kappa shape index (κ1) is 21.2. The quantitative estimate of drug-likeness (QED) is 0.418. The van der Waals surface area contributed by atoms with E-state index in [1.165, 1.54) is 18.2 Å². The molecule has 1 aliphatic heterocycles. The monoisotopic (exact) mass is 403 g/mol. The summed E-state index contributed by atoms with van der Waals surface area (Å²) in [5, 5.41) is 25.6. The highest BCUT2D eigenvalue weighted by Crippen LogP contribution is 2.17. The Labute approximate surface area is 164 Å². The average Bonchev–Trinajstić information content (AvgIpc) is 2.74. The van der Waals surface area contributed by atoms with Gasteiger partial charge in [-0.2, -0.15) is 0 Å². The molecule has 0 saturated carbocycles. The second kappa shape index (κ2) is 9.73. The van der Waals surface area contributed by atoms with Crippen molar-refractivity contribution < 1.29 is 29.5 Å². The minimum atomic E-state index is -1.82. The maximum Gasteiger partial charge on any atom is 0.414 e. The molecule has 1 saturated heterocycles. The fourth-order valence-electron chi connectivity index (χ4n) is 2.50. The van der Waals surface area contributed by atoms with Crippen LogP contribution in [-0.2, 0) is 9.59 Å². The number of anilines is 1. The minimum Gasteiger partial charge on any atom is -0.473 e. The van der Waals surface area contributed by atoms with Gasteiger partial charge in [-0.25, -0.2) is 19.6 Å². The number of hydrogen-bond donors (Lipinski definition) is 2. The number of carbonyl (C=O) groups is 3. The zero-order chi connectivity index (χ0) is 21.4. The van der Waals surface area contributed by atoms with Crippen LogP contribution in [0.5, 0.6) is 0 Å².